The fourth-order valence-corrected chi connectivity index (χ4v) is 1.43. The van der Waals surface area contributed by atoms with Gasteiger partial charge in [0.25, 0.3) is 0 Å². The monoisotopic (exact) mass is 201 g/mol. The summed E-state index contributed by atoms with van der Waals surface area (Å²) in [6.07, 6.45) is 5.37. The molecule has 0 fully saturated rings. The van der Waals surface area contributed by atoms with Crippen LogP contribution in [0.5, 0.6) is 0 Å². The number of hydrogen-bond donors (Lipinski definition) is 1. The lowest BCUT2D eigenvalue weighted by Crippen LogP contribution is -1.99. The normalized spacial score (nSPS) is 13.3. The van der Waals surface area contributed by atoms with Crippen LogP contribution in [0.25, 0.3) is 5.76 Å². The average molecular weight is 201 g/mol. The number of carbonyl (C=O) groups excluding carboxylic acids is 1. The van der Waals surface area contributed by atoms with Gasteiger partial charge in [0.05, 0.1) is 0 Å². The van der Waals surface area contributed by atoms with E-state index in [1.165, 1.54) is 6.92 Å². The van der Waals surface area contributed by atoms with Gasteiger partial charge in [0.1, 0.15) is 5.76 Å². The number of ether oxygens (including phenoxy) is 1. The minimum absolute atomic E-state index is 0.314. The molecule has 0 atom stereocenters. The van der Waals surface area contributed by atoms with Crippen molar-refractivity contribution >= 4 is 17.4 Å². The van der Waals surface area contributed by atoms with E-state index in [2.05, 4.69) is 5.32 Å². The number of hydrogen-bond acceptors (Lipinski definition) is 3. The van der Waals surface area contributed by atoms with Gasteiger partial charge in [0.2, 0.25) is 0 Å². The summed E-state index contributed by atoms with van der Waals surface area (Å²) in [5.74, 6) is 0.255. The molecule has 0 saturated carbocycles. The molecule has 1 aliphatic heterocycles. The van der Waals surface area contributed by atoms with Crippen LogP contribution in [-0.4, -0.2) is 5.97 Å². The lowest BCUT2D eigenvalue weighted by atomic mass is 10.1. The van der Waals surface area contributed by atoms with Crippen LogP contribution in [0.4, 0.5) is 5.69 Å². The molecule has 0 radical (unpaired) electrons. The van der Waals surface area contributed by atoms with E-state index >= 15 is 0 Å². The molecule has 76 valence electrons. The topological polar surface area (TPSA) is 38.3 Å². The van der Waals surface area contributed by atoms with Crippen LogP contribution in [0.2, 0.25) is 0 Å². The first kappa shape index (κ1) is 9.52. The third kappa shape index (κ3) is 2.07. The molecule has 3 heteroatoms. The fourth-order valence-electron chi connectivity index (χ4n) is 1.43. The maximum atomic E-state index is 10.9. The molecule has 1 aromatic rings. The van der Waals surface area contributed by atoms with E-state index in [4.69, 9.17) is 4.74 Å². The number of rotatable bonds is 1. The van der Waals surface area contributed by atoms with Crippen molar-refractivity contribution in [1.82, 2.24) is 0 Å². The van der Waals surface area contributed by atoms with E-state index in [0.717, 1.165) is 11.3 Å². The van der Waals surface area contributed by atoms with Gasteiger partial charge in [-0.2, -0.15) is 0 Å². The van der Waals surface area contributed by atoms with Crippen LogP contribution in [-0.2, 0) is 9.53 Å². The highest BCUT2D eigenvalue weighted by molar-refractivity contribution is 5.82. The Hall–Kier alpha value is -2.03. The fraction of sp³-hybridized carbons (Fsp3) is 0.0833. The molecule has 3 nitrogen and oxygen atoms in total. The van der Waals surface area contributed by atoms with Gasteiger partial charge >= 0.3 is 5.97 Å². The lowest BCUT2D eigenvalue weighted by molar-refractivity contribution is -0.134. The van der Waals surface area contributed by atoms with Gasteiger partial charge in [-0.3, -0.25) is 4.79 Å². The van der Waals surface area contributed by atoms with Crippen molar-refractivity contribution in [3.63, 3.8) is 0 Å². The summed E-state index contributed by atoms with van der Waals surface area (Å²) in [4.78, 5) is 10.9. The molecular formula is C12H11NO2. The minimum Gasteiger partial charge on any atom is -0.426 e. The number of para-hydroxylation sites is 1. The maximum Gasteiger partial charge on any atom is 0.308 e. The molecule has 1 aliphatic rings. The Bertz CT molecular complexity index is 447. The van der Waals surface area contributed by atoms with Crippen molar-refractivity contribution in [3.8, 4) is 0 Å². The summed E-state index contributed by atoms with van der Waals surface area (Å²) in [6.45, 7) is 1.39. The SMILES string of the molecule is CC(=O)OC1=CC=CNc2ccccc21. The maximum absolute atomic E-state index is 10.9. The van der Waals surface area contributed by atoms with Crippen molar-refractivity contribution in [1.29, 1.82) is 0 Å². The summed E-state index contributed by atoms with van der Waals surface area (Å²) >= 11 is 0. The second-order valence-electron chi connectivity index (χ2n) is 3.17. The molecule has 0 amide bonds. The first-order valence-electron chi connectivity index (χ1n) is 4.68. The van der Waals surface area contributed by atoms with Gasteiger partial charge in [-0.25, -0.2) is 0 Å². The Labute approximate surface area is 88.1 Å². The third-order valence-corrected chi connectivity index (χ3v) is 2.03. The van der Waals surface area contributed by atoms with Crippen LogP contribution < -0.4 is 5.32 Å². The van der Waals surface area contributed by atoms with Crippen molar-refractivity contribution in [2.75, 3.05) is 5.32 Å². The second-order valence-corrected chi connectivity index (χ2v) is 3.17. The molecule has 0 unspecified atom stereocenters. The van der Waals surface area contributed by atoms with E-state index < -0.39 is 0 Å². The molecule has 0 saturated heterocycles. The summed E-state index contributed by atoms with van der Waals surface area (Å²) in [5.41, 5.74) is 1.82. The van der Waals surface area contributed by atoms with Gasteiger partial charge in [0.15, 0.2) is 0 Å². The molecule has 2 rings (SSSR count). The number of esters is 1. The number of allylic oxidation sites excluding steroid dienone is 2. The van der Waals surface area contributed by atoms with Crippen molar-refractivity contribution in [3.05, 3.63) is 48.2 Å². The first-order valence-corrected chi connectivity index (χ1v) is 4.68. The third-order valence-electron chi connectivity index (χ3n) is 2.03. The van der Waals surface area contributed by atoms with E-state index in [9.17, 15) is 4.79 Å². The molecule has 1 heterocycles. The predicted molar refractivity (Wildman–Crippen MR) is 58.9 cm³/mol. The van der Waals surface area contributed by atoms with E-state index in [1.54, 1.807) is 18.4 Å². The summed E-state index contributed by atoms with van der Waals surface area (Å²) in [6, 6.07) is 7.67. The minimum atomic E-state index is -0.314. The Morgan fingerprint density at radius 2 is 2.13 bits per heavy atom. The number of fused-ring (bicyclic) bond motifs is 1. The standard InChI is InChI=1S/C12H11NO2/c1-9(14)15-12-7-4-8-13-11-6-3-2-5-10(11)12/h2-8,13H,1H3. The molecule has 15 heavy (non-hydrogen) atoms. The van der Waals surface area contributed by atoms with Gasteiger partial charge < -0.3 is 10.1 Å². The van der Waals surface area contributed by atoms with Gasteiger partial charge in [-0.1, -0.05) is 12.1 Å². The van der Waals surface area contributed by atoms with Gasteiger partial charge in [0, 0.05) is 24.4 Å². The summed E-state index contributed by atoms with van der Waals surface area (Å²) in [7, 11) is 0. The van der Waals surface area contributed by atoms with Crippen LogP contribution >= 0.6 is 0 Å². The Balaban J connectivity index is 2.43. The molecule has 0 spiro atoms. The Morgan fingerprint density at radius 1 is 1.33 bits per heavy atom. The second kappa shape index (κ2) is 4.00. The Kier molecular flexibility index (Phi) is 2.54. The molecule has 0 bridgehead atoms. The molecule has 1 N–H and O–H groups in total. The van der Waals surface area contributed by atoms with Crippen LogP contribution in [0.3, 0.4) is 0 Å². The zero-order valence-corrected chi connectivity index (χ0v) is 8.36. The van der Waals surface area contributed by atoms with Crippen LogP contribution in [0, 0.1) is 0 Å². The van der Waals surface area contributed by atoms with Crippen LogP contribution in [0.1, 0.15) is 12.5 Å². The highest BCUT2D eigenvalue weighted by Crippen LogP contribution is 2.26. The lowest BCUT2D eigenvalue weighted by Gasteiger charge is -2.09. The number of carbonyl (C=O) groups is 1. The summed E-state index contributed by atoms with van der Waals surface area (Å²) in [5, 5.41) is 3.10. The first-order chi connectivity index (χ1) is 7.27. The molecule has 0 aliphatic carbocycles. The van der Waals surface area contributed by atoms with Crippen LogP contribution in [0.15, 0.2) is 42.6 Å². The predicted octanol–water partition coefficient (Wildman–Crippen LogP) is 2.53. The molecule has 1 aromatic carbocycles. The highest BCUT2D eigenvalue weighted by Gasteiger charge is 2.10. The average Bonchev–Trinajstić information content (AvgIpc) is 2.41. The highest BCUT2D eigenvalue weighted by atomic mass is 16.5. The number of anilines is 1. The zero-order valence-electron chi connectivity index (χ0n) is 8.36. The summed E-state index contributed by atoms with van der Waals surface area (Å²) < 4.78 is 5.13. The van der Waals surface area contributed by atoms with Gasteiger partial charge in [-0.15, -0.1) is 0 Å². The number of benzene rings is 1. The van der Waals surface area contributed by atoms with E-state index in [1.807, 2.05) is 24.3 Å². The molecule has 0 aromatic heterocycles. The smallest absolute Gasteiger partial charge is 0.308 e. The molecular weight excluding hydrogens is 190 g/mol. The quantitative estimate of drug-likeness (QED) is 0.709. The van der Waals surface area contributed by atoms with Crippen molar-refractivity contribution < 1.29 is 9.53 Å². The van der Waals surface area contributed by atoms with E-state index in [0.29, 0.717) is 5.76 Å². The largest absolute Gasteiger partial charge is 0.426 e. The van der Waals surface area contributed by atoms with Gasteiger partial charge in [-0.05, 0) is 24.3 Å². The zero-order chi connectivity index (χ0) is 10.7. The van der Waals surface area contributed by atoms with Crippen molar-refractivity contribution in [2.45, 2.75) is 6.92 Å². The Morgan fingerprint density at radius 3 is 2.93 bits per heavy atom. The van der Waals surface area contributed by atoms with E-state index in [-0.39, 0.29) is 5.97 Å². The van der Waals surface area contributed by atoms with Crippen molar-refractivity contribution in [2.24, 2.45) is 0 Å². The number of nitrogens with one attached hydrogen (secondary N) is 1.